The largest absolute Gasteiger partial charge is 0.353 e. The van der Waals surface area contributed by atoms with E-state index in [2.05, 4.69) is 55.3 Å². The second-order valence-corrected chi connectivity index (χ2v) is 6.46. The maximum atomic E-state index is 12.1. The van der Waals surface area contributed by atoms with Crippen LogP contribution in [-0.2, 0) is 11.2 Å². The number of hydrogen-bond acceptors (Lipinski definition) is 2. The minimum Gasteiger partial charge on any atom is -0.353 e. The molecule has 1 aliphatic rings. The lowest BCUT2D eigenvalue weighted by atomic mass is 10.0. The van der Waals surface area contributed by atoms with E-state index in [0.717, 1.165) is 32.4 Å². The molecule has 1 aliphatic heterocycles. The number of nitrogens with zero attached hydrogens (tertiary/aromatic N) is 1. The number of rotatable bonds is 5. The Kier molecular flexibility index (Phi) is 5.80. The van der Waals surface area contributed by atoms with Crippen molar-refractivity contribution < 1.29 is 4.79 Å². The van der Waals surface area contributed by atoms with Crippen molar-refractivity contribution in [2.24, 2.45) is 0 Å². The molecule has 3 nitrogen and oxygen atoms in total. The summed E-state index contributed by atoms with van der Waals surface area (Å²) in [5.41, 5.74) is 2.51. The average molecular weight is 288 g/mol. The molecule has 0 atom stereocenters. The zero-order chi connectivity index (χ0) is 15.2. The van der Waals surface area contributed by atoms with Gasteiger partial charge in [-0.15, -0.1) is 0 Å². The van der Waals surface area contributed by atoms with E-state index in [1.165, 1.54) is 11.1 Å². The Hall–Kier alpha value is -1.35. The summed E-state index contributed by atoms with van der Waals surface area (Å²) in [4.78, 5) is 14.5. The summed E-state index contributed by atoms with van der Waals surface area (Å²) in [6.45, 7) is 8.76. The van der Waals surface area contributed by atoms with Gasteiger partial charge in [-0.2, -0.15) is 0 Å². The van der Waals surface area contributed by atoms with Crippen molar-refractivity contribution in [1.82, 2.24) is 10.2 Å². The number of carbonyl (C=O) groups excluding carboxylic acids is 1. The van der Waals surface area contributed by atoms with Crippen molar-refractivity contribution in [3.05, 3.63) is 35.4 Å². The fourth-order valence-electron chi connectivity index (χ4n) is 2.99. The van der Waals surface area contributed by atoms with Gasteiger partial charge in [0.2, 0.25) is 5.91 Å². The van der Waals surface area contributed by atoms with Gasteiger partial charge in [0, 0.05) is 31.6 Å². The number of amides is 1. The predicted octanol–water partition coefficient (Wildman–Crippen LogP) is 2.92. The van der Waals surface area contributed by atoms with Crippen molar-refractivity contribution in [2.45, 2.75) is 58.5 Å². The second kappa shape index (κ2) is 7.60. The molecule has 1 fully saturated rings. The van der Waals surface area contributed by atoms with Gasteiger partial charge >= 0.3 is 0 Å². The number of hydrogen-bond donors (Lipinski definition) is 1. The molecule has 1 N–H and O–H groups in total. The van der Waals surface area contributed by atoms with Gasteiger partial charge in [0.25, 0.3) is 0 Å². The van der Waals surface area contributed by atoms with Crippen LogP contribution >= 0.6 is 0 Å². The minimum atomic E-state index is 0.194. The molecule has 0 bridgehead atoms. The van der Waals surface area contributed by atoms with E-state index < -0.39 is 0 Å². The van der Waals surface area contributed by atoms with Gasteiger partial charge in [-0.05, 0) is 45.6 Å². The third-order valence-electron chi connectivity index (χ3n) is 4.35. The Bertz CT molecular complexity index is 462. The van der Waals surface area contributed by atoms with E-state index in [-0.39, 0.29) is 5.91 Å². The van der Waals surface area contributed by atoms with Crippen molar-refractivity contribution in [1.29, 1.82) is 0 Å². The summed E-state index contributed by atoms with van der Waals surface area (Å²) >= 11 is 0. The van der Waals surface area contributed by atoms with Crippen LogP contribution < -0.4 is 5.32 Å². The van der Waals surface area contributed by atoms with Crippen LogP contribution in [0.4, 0.5) is 0 Å². The zero-order valence-corrected chi connectivity index (χ0v) is 13.6. The van der Waals surface area contributed by atoms with Crippen LogP contribution in [0.25, 0.3) is 0 Å². The smallest absolute Gasteiger partial charge is 0.220 e. The lowest BCUT2D eigenvalue weighted by Gasteiger charge is -2.34. The molecular weight excluding hydrogens is 260 g/mol. The lowest BCUT2D eigenvalue weighted by molar-refractivity contribution is -0.122. The molecule has 0 radical (unpaired) electrons. The van der Waals surface area contributed by atoms with Crippen molar-refractivity contribution in [3.63, 3.8) is 0 Å². The van der Waals surface area contributed by atoms with Crippen LogP contribution in [0.5, 0.6) is 0 Å². The zero-order valence-electron chi connectivity index (χ0n) is 13.6. The first-order valence-electron chi connectivity index (χ1n) is 8.13. The van der Waals surface area contributed by atoms with E-state index in [0.29, 0.717) is 18.5 Å². The quantitative estimate of drug-likeness (QED) is 0.903. The maximum absolute atomic E-state index is 12.1. The van der Waals surface area contributed by atoms with Crippen LogP contribution in [-0.4, -0.2) is 36.0 Å². The number of aryl methyl sites for hydroxylation is 2. The molecule has 116 valence electrons. The van der Waals surface area contributed by atoms with E-state index >= 15 is 0 Å². The average Bonchev–Trinajstić information content (AvgIpc) is 2.46. The molecule has 1 aromatic carbocycles. The van der Waals surface area contributed by atoms with Crippen LogP contribution in [0.2, 0.25) is 0 Å². The molecule has 1 saturated heterocycles. The molecule has 0 aromatic heterocycles. The fraction of sp³-hybridized carbons (Fsp3) is 0.611. The van der Waals surface area contributed by atoms with Gasteiger partial charge in [-0.1, -0.05) is 29.8 Å². The molecule has 0 unspecified atom stereocenters. The predicted molar refractivity (Wildman–Crippen MR) is 87.4 cm³/mol. The molecule has 1 heterocycles. The first-order chi connectivity index (χ1) is 10.0. The summed E-state index contributed by atoms with van der Waals surface area (Å²) in [5, 5.41) is 3.20. The second-order valence-electron chi connectivity index (χ2n) is 6.46. The van der Waals surface area contributed by atoms with Gasteiger partial charge < -0.3 is 10.2 Å². The lowest BCUT2D eigenvalue weighted by Crippen LogP contribution is -2.46. The van der Waals surface area contributed by atoms with Crippen LogP contribution in [0.1, 0.15) is 44.2 Å². The SMILES string of the molecule is Cc1cccc(CCC(=O)NC2CCN(C(C)C)CC2)c1. The van der Waals surface area contributed by atoms with Crippen LogP contribution in [0.15, 0.2) is 24.3 Å². The minimum absolute atomic E-state index is 0.194. The first kappa shape index (κ1) is 16.0. The van der Waals surface area contributed by atoms with Crippen LogP contribution in [0.3, 0.4) is 0 Å². The van der Waals surface area contributed by atoms with E-state index in [9.17, 15) is 4.79 Å². The van der Waals surface area contributed by atoms with Gasteiger partial charge in [0.15, 0.2) is 0 Å². The van der Waals surface area contributed by atoms with Crippen molar-refractivity contribution >= 4 is 5.91 Å². The first-order valence-corrected chi connectivity index (χ1v) is 8.13. The number of nitrogens with one attached hydrogen (secondary N) is 1. The highest BCUT2D eigenvalue weighted by molar-refractivity contribution is 5.76. The topological polar surface area (TPSA) is 32.3 Å². The summed E-state index contributed by atoms with van der Waals surface area (Å²) in [5.74, 6) is 0.194. The fourth-order valence-corrected chi connectivity index (χ4v) is 2.99. The number of piperidine rings is 1. The molecular formula is C18H28N2O. The highest BCUT2D eigenvalue weighted by atomic mass is 16.1. The molecule has 1 aromatic rings. The van der Waals surface area contributed by atoms with E-state index in [1.54, 1.807) is 0 Å². The standard InChI is InChI=1S/C18H28N2O/c1-14(2)20-11-9-17(10-12-20)19-18(21)8-7-16-6-4-5-15(3)13-16/h4-6,13-14,17H,7-12H2,1-3H3,(H,19,21). The Morgan fingerprint density at radius 2 is 2.05 bits per heavy atom. The maximum Gasteiger partial charge on any atom is 0.220 e. The summed E-state index contributed by atoms with van der Waals surface area (Å²) in [6.07, 6.45) is 3.58. The molecule has 2 rings (SSSR count). The van der Waals surface area contributed by atoms with Gasteiger partial charge in [0.05, 0.1) is 0 Å². The number of likely N-dealkylation sites (tertiary alicyclic amines) is 1. The summed E-state index contributed by atoms with van der Waals surface area (Å²) in [7, 11) is 0. The number of benzene rings is 1. The normalized spacial score (nSPS) is 17.1. The highest BCUT2D eigenvalue weighted by Gasteiger charge is 2.21. The Morgan fingerprint density at radius 3 is 2.67 bits per heavy atom. The van der Waals surface area contributed by atoms with Crippen molar-refractivity contribution in [3.8, 4) is 0 Å². The number of carbonyl (C=O) groups is 1. The Balaban J connectivity index is 1.71. The molecule has 0 saturated carbocycles. The van der Waals surface area contributed by atoms with Gasteiger partial charge in [-0.3, -0.25) is 4.79 Å². The monoisotopic (exact) mass is 288 g/mol. The van der Waals surface area contributed by atoms with E-state index in [4.69, 9.17) is 0 Å². The summed E-state index contributed by atoms with van der Waals surface area (Å²) < 4.78 is 0. The molecule has 3 heteroatoms. The Morgan fingerprint density at radius 1 is 1.33 bits per heavy atom. The molecule has 21 heavy (non-hydrogen) atoms. The van der Waals surface area contributed by atoms with Crippen molar-refractivity contribution in [2.75, 3.05) is 13.1 Å². The van der Waals surface area contributed by atoms with E-state index in [1.807, 2.05) is 0 Å². The summed E-state index contributed by atoms with van der Waals surface area (Å²) in [6, 6.07) is 9.39. The van der Waals surface area contributed by atoms with Crippen LogP contribution in [0, 0.1) is 6.92 Å². The third-order valence-corrected chi connectivity index (χ3v) is 4.35. The molecule has 0 spiro atoms. The Labute approximate surface area is 128 Å². The highest BCUT2D eigenvalue weighted by Crippen LogP contribution is 2.13. The molecule has 0 aliphatic carbocycles. The molecule has 1 amide bonds. The van der Waals surface area contributed by atoms with Gasteiger partial charge in [-0.25, -0.2) is 0 Å². The third kappa shape index (κ3) is 5.16. The van der Waals surface area contributed by atoms with Gasteiger partial charge in [0.1, 0.15) is 0 Å².